The van der Waals surface area contributed by atoms with Crippen LogP contribution in [0.2, 0.25) is 0 Å². The number of hydrogen-bond acceptors (Lipinski definition) is 4. The maximum absolute atomic E-state index is 4.81. The van der Waals surface area contributed by atoms with Gasteiger partial charge in [0.05, 0.1) is 0 Å². The summed E-state index contributed by atoms with van der Waals surface area (Å²) in [7, 11) is 0. The molecule has 0 amide bonds. The van der Waals surface area contributed by atoms with Gasteiger partial charge in [0, 0.05) is 23.6 Å². The average Bonchev–Trinajstić information content (AvgIpc) is 2.30. The minimum atomic E-state index is -0.0476. The SMILES string of the molecule is CCNc1nc(C(C)(C)C)nc(NC(C)C2CCC2)c1C. The summed E-state index contributed by atoms with van der Waals surface area (Å²) >= 11 is 0. The van der Waals surface area contributed by atoms with Crippen molar-refractivity contribution in [1.82, 2.24) is 9.97 Å². The molecule has 21 heavy (non-hydrogen) atoms. The lowest BCUT2D eigenvalue weighted by molar-refractivity contribution is 0.284. The van der Waals surface area contributed by atoms with Crippen molar-refractivity contribution in [3.05, 3.63) is 11.4 Å². The van der Waals surface area contributed by atoms with Gasteiger partial charge in [-0.25, -0.2) is 9.97 Å². The monoisotopic (exact) mass is 290 g/mol. The Morgan fingerprint density at radius 3 is 2.29 bits per heavy atom. The number of aromatic nitrogens is 2. The third-order valence-corrected chi connectivity index (χ3v) is 4.38. The van der Waals surface area contributed by atoms with Gasteiger partial charge in [0.1, 0.15) is 17.5 Å². The Bertz CT molecular complexity index is 486. The summed E-state index contributed by atoms with van der Waals surface area (Å²) in [5, 5.41) is 7.00. The summed E-state index contributed by atoms with van der Waals surface area (Å²) in [6, 6.07) is 0.481. The van der Waals surface area contributed by atoms with Gasteiger partial charge in [0.15, 0.2) is 0 Å². The van der Waals surface area contributed by atoms with E-state index >= 15 is 0 Å². The molecule has 0 bridgehead atoms. The van der Waals surface area contributed by atoms with Gasteiger partial charge >= 0.3 is 0 Å². The predicted molar refractivity (Wildman–Crippen MR) is 90.1 cm³/mol. The highest BCUT2D eigenvalue weighted by Gasteiger charge is 2.26. The number of hydrogen-bond donors (Lipinski definition) is 2. The van der Waals surface area contributed by atoms with E-state index < -0.39 is 0 Å². The summed E-state index contributed by atoms with van der Waals surface area (Å²) in [5.74, 6) is 3.64. The van der Waals surface area contributed by atoms with Crippen molar-refractivity contribution in [3.63, 3.8) is 0 Å². The van der Waals surface area contributed by atoms with E-state index in [1.165, 1.54) is 19.3 Å². The van der Waals surface area contributed by atoms with E-state index in [1.807, 2.05) is 0 Å². The van der Waals surface area contributed by atoms with E-state index in [0.717, 1.165) is 35.5 Å². The summed E-state index contributed by atoms with van der Waals surface area (Å²) in [5.41, 5.74) is 1.07. The molecule has 1 saturated carbocycles. The summed E-state index contributed by atoms with van der Waals surface area (Å²) in [4.78, 5) is 9.52. The highest BCUT2D eigenvalue weighted by atomic mass is 15.1. The zero-order valence-corrected chi connectivity index (χ0v) is 14.4. The Kier molecular flexibility index (Phi) is 4.74. The van der Waals surface area contributed by atoms with Crippen molar-refractivity contribution in [2.45, 2.75) is 72.3 Å². The number of rotatable bonds is 5. The molecule has 0 saturated heterocycles. The Hall–Kier alpha value is -1.32. The highest BCUT2D eigenvalue weighted by molar-refractivity contribution is 5.58. The van der Waals surface area contributed by atoms with Crippen molar-refractivity contribution in [3.8, 4) is 0 Å². The normalized spacial score (nSPS) is 17.2. The average molecular weight is 290 g/mol. The number of nitrogens with zero attached hydrogens (tertiary/aromatic N) is 2. The minimum Gasteiger partial charge on any atom is -0.370 e. The van der Waals surface area contributed by atoms with Crippen LogP contribution >= 0.6 is 0 Å². The van der Waals surface area contributed by atoms with Gasteiger partial charge in [-0.2, -0.15) is 0 Å². The van der Waals surface area contributed by atoms with Crippen LogP contribution in [0.3, 0.4) is 0 Å². The van der Waals surface area contributed by atoms with Crippen molar-refractivity contribution < 1.29 is 0 Å². The zero-order valence-electron chi connectivity index (χ0n) is 14.4. The molecule has 0 aliphatic heterocycles. The van der Waals surface area contributed by atoms with Crippen LogP contribution in [0.5, 0.6) is 0 Å². The van der Waals surface area contributed by atoms with Crippen LogP contribution in [-0.2, 0) is 5.41 Å². The van der Waals surface area contributed by atoms with Crippen LogP contribution in [0, 0.1) is 12.8 Å². The fourth-order valence-corrected chi connectivity index (χ4v) is 2.61. The first-order valence-electron chi connectivity index (χ1n) is 8.22. The Morgan fingerprint density at radius 1 is 1.19 bits per heavy atom. The first-order valence-corrected chi connectivity index (χ1v) is 8.22. The van der Waals surface area contributed by atoms with Gasteiger partial charge in [-0.1, -0.05) is 27.2 Å². The fraction of sp³-hybridized carbons (Fsp3) is 0.765. The van der Waals surface area contributed by atoms with Crippen LogP contribution in [0.1, 0.15) is 65.3 Å². The molecule has 1 atom stereocenters. The predicted octanol–water partition coefficient (Wildman–Crippen LogP) is 4.11. The van der Waals surface area contributed by atoms with Crippen molar-refractivity contribution >= 4 is 11.6 Å². The second-order valence-electron chi connectivity index (χ2n) is 7.27. The summed E-state index contributed by atoms with van der Waals surface area (Å²) < 4.78 is 0. The zero-order chi connectivity index (χ0) is 15.6. The molecule has 1 unspecified atom stereocenters. The Morgan fingerprint density at radius 2 is 1.81 bits per heavy atom. The molecule has 4 heteroatoms. The molecule has 1 aromatic heterocycles. The molecule has 0 radical (unpaired) electrons. The first kappa shape index (κ1) is 16.1. The lowest BCUT2D eigenvalue weighted by Crippen LogP contribution is -2.32. The van der Waals surface area contributed by atoms with Crippen LogP contribution < -0.4 is 10.6 Å². The molecule has 0 aromatic carbocycles. The van der Waals surface area contributed by atoms with Gasteiger partial charge < -0.3 is 10.6 Å². The maximum atomic E-state index is 4.81. The molecule has 1 fully saturated rings. The molecule has 1 aliphatic rings. The maximum Gasteiger partial charge on any atom is 0.138 e. The van der Waals surface area contributed by atoms with E-state index in [1.54, 1.807) is 0 Å². The van der Waals surface area contributed by atoms with Crippen molar-refractivity contribution in [2.75, 3.05) is 17.2 Å². The van der Waals surface area contributed by atoms with Crippen LogP contribution in [0.4, 0.5) is 11.6 Å². The second-order valence-corrected chi connectivity index (χ2v) is 7.27. The molecule has 2 rings (SSSR count). The van der Waals surface area contributed by atoms with Gasteiger partial charge in [0.25, 0.3) is 0 Å². The third-order valence-electron chi connectivity index (χ3n) is 4.38. The molecular weight excluding hydrogens is 260 g/mol. The molecule has 2 N–H and O–H groups in total. The minimum absolute atomic E-state index is 0.0476. The quantitative estimate of drug-likeness (QED) is 0.856. The van der Waals surface area contributed by atoms with Gasteiger partial charge in [-0.15, -0.1) is 0 Å². The lowest BCUT2D eigenvalue weighted by atomic mass is 9.80. The Labute approximate surface area is 129 Å². The van der Waals surface area contributed by atoms with Gasteiger partial charge in [0.2, 0.25) is 0 Å². The van der Waals surface area contributed by atoms with E-state index in [9.17, 15) is 0 Å². The number of nitrogens with one attached hydrogen (secondary N) is 2. The molecular formula is C17H30N4. The van der Waals surface area contributed by atoms with E-state index in [-0.39, 0.29) is 5.41 Å². The third kappa shape index (κ3) is 3.66. The summed E-state index contributed by atoms with van der Waals surface area (Å²) in [6.45, 7) is 13.8. The lowest BCUT2D eigenvalue weighted by Gasteiger charge is -2.33. The van der Waals surface area contributed by atoms with Crippen LogP contribution in [-0.4, -0.2) is 22.6 Å². The first-order chi connectivity index (χ1) is 9.82. The molecule has 118 valence electrons. The van der Waals surface area contributed by atoms with Gasteiger partial charge in [-0.05, 0) is 39.5 Å². The topological polar surface area (TPSA) is 49.8 Å². The highest BCUT2D eigenvalue weighted by Crippen LogP contribution is 2.32. The molecule has 1 aliphatic carbocycles. The number of anilines is 2. The Balaban J connectivity index is 2.30. The van der Waals surface area contributed by atoms with Crippen molar-refractivity contribution in [1.29, 1.82) is 0 Å². The largest absolute Gasteiger partial charge is 0.370 e. The van der Waals surface area contributed by atoms with Crippen LogP contribution in [0.25, 0.3) is 0 Å². The summed E-state index contributed by atoms with van der Waals surface area (Å²) in [6.07, 6.45) is 4.05. The molecule has 1 heterocycles. The van der Waals surface area contributed by atoms with Gasteiger partial charge in [-0.3, -0.25) is 0 Å². The van der Waals surface area contributed by atoms with Crippen molar-refractivity contribution in [2.24, 2.45) is 5.92 Å². The smallest absolute Gasteiger partial charge is 0.138 e. The fourth-order valence-electron chi connectivity index (χ4n) is 2.61. The van der Waals surface area contributed by atoms with E-state index in [2.05, 4.69) is 52.2 Å². The molecule has 4 nitrogen and oxygen atoms in total. The van der Waals surface area contributed by atoms with E-state index in [4.69, 9.17) is 9.97 Å². The van der Waals surface area contributed by atoms with E-state index in [0.29, 0.717) is 6.04 Å². The standard InChI is InChI=1S/C17H30N4/c1-7-18-14-11(2)15(19-12(3)13-9-8-10-13)21-16(20-14)17(4,5)6/h12-13H,7-10H2,1-6H3,(H2,18,19,20,21). The molecule has 0 spiro atoms. The second kappa shape index (κ2) is 6.20. The molecule has 1 aromatic rings. The van der Waals surface area contributed by atoms with Crippen LogP contribution in [0.15, 0.2) is 0 Å².